The van der Waals surface area contributed by atoms with Crippen LogP contribution in [0.2, 0.25) is 0 Å². The third kappa shape index (κ3) is 3.77. The van der Waals surface area contributed by atoms with Crippen LogP contribution < -0.4 is 0 Å². The number of thioether (sulfide) groups is 1. The first-order valence-corrected chi connectivity index (χ1v) is 12.2. The fourth-order valence-electron chi connectivity index (χ4n) is 4.19. The first kappa shape index (κ1) is 20.6. The van der Waals surface area contributed by atoms with Gasteiger partial charge in [0.2, 0.25) is 5.91 Å². The number of hydrogen-bond donors (Lipinski definition) is 0. The van der Waals surface area contributed by atoms with Crippen LogP contribution in [0.5, 0.6) is 0 Å². The summed E-state index contributed by atoms with van der Waals surface area (Å²) in [5.41, 5.74) is 2.61. The largest absolute Gasteiger partial charge is 0.343 e. The summed E-state index contributed by atoms with van der Waals surface area (Å²) in [7, 11) is 0. The second-order valence-corrected chi connectivity index (χ2v) is 10.8. The highest BCUT2D eigenvalue weighted by molar-refractivity contribution is 7.99. The van der Waals surface area contributed by atoms with Gasteiger partial charge in [0.05, 0.1) is 11.1 Å². The molecule has 4 rings (SSSR count). The molecule has 29 heavy (non-hydrogen) atoms. The molecule has 3 heterocycles. The molecule has 1 aliphatic carbocycles. The van der Waals surface area contributed by atoms with Crippen molar-refractivity contribution in [2.75, 3.05) is 18.8 Å². The summed E-state index contributed by atoms with van der Waals surface area (Å²) in [6.45, 7) is 12.5. The number of carbonyl (C=O) groups is 1. The zero-order chi connectivity index (χ0) is 20.8. The Kier molecular flexibility index (Phi) is 5.59. The smallest absolute Gasteiger partial charge is 0.233 e. The number of nitrogens with zero attached hydrogens (tertiary/aromatic N) is 5. The SMILES string of the molecule is CCN(CC)C(=O)CSc1nnc2c3c4c(sc3ncn12)C[C@H](C(C)(C)C)CC4. The van der Waals surface area contributed by atoms with Gasteiger partial charge in [-0.05, 0) is 50.0 Å². The van der Waals surface area contributed by atoms with Crippen LogP contribution in [0.15, 0.2) is 11.5 Å². The van der Waals surface area contributed by atoms with Crippen molar-refractivity contribution in [3.63, 3.8) is 0 Å². The minimum atomic E-state index is 0.131. The van der Waals surface area contributed by atoms with Gasteiger partial charge in [-0.2, -0.15) is 0 Å². The van der Waals surface area contributed by atoms with E-state index in [9.17, 15) is 4.79 Å². The molecule has 0 saturated carbocycles. The molecule has 0 saturated heterocycles. The molecule has 0 fully saturated rings. The van der Waals surface area contributed by atoms with Gasteiger partial charge in [0.15, 0.2) is 10.8 Å². The molecular weight excluding hydrogens is 402 g/mol. The zero-order valence-corrected chi connectivity index (χ0v) is 19.5. The predicted molar refractivity (Wildman–Crippen MR) is 120 cm³/mol. The first-order chi connectivity index (χ1) is 13.8. The average molecular weight is 432 g/mol. The Morgan fingerprint density at radius 1 is 1.31 bits per heavy atom. The van der Waals surface area contributed by atoms with Crippen molar-refractivity contribution >= 4 is 44.9 Å². The van der Waals surface area contributed by atoms with E-state index in [4.69, 9.17) is 4.98 Å². The van der Waals surface area contributed by atoms with Crippen LogP contribution in [0.1, 0.15) is 51.5 Å². The Labute approximate surface area is 180 Å². The molecule has 1 amide bonds. The summed E-state index contributed by atoms with van der Waals surface area (Å²) >= 11 is 3.25. The zero-order valence-electron chi connectivity index (χ0n) is 17.9. The normalized spacial score (nSPS) is 17.1. The van der Waals surface area contributed by atoms with Crippen LogP contribution in [-0.2, 0) is 17.6 Å². The fraction of sp³-hybridized carbons (Fsp3) is 0.619. The highest BCUT2D eigenvalue weighted by atomic mass is 32.2. The summed E-state index contributed by atoms with van der Waals surface area (Å²) in [6.07, 6.45) is 5.22. The topological polar surface area (TPSA) is 63.4 Å². The van der Waals surface area contributed by atoms with Gasteiger partial charge in [-0.25, -0.2) is 4.98 Å². The predicted octanol–water partition coefficient (Wildman–Crippen LogP) is 4.45. The molecule has 0 radical (unpaired) electrons. The van der Waals surface area contributed by atoms with Crippen molar-refractivity contribution in [2.24, 2.45) is 11.3 Å². The lowest BCUT2D eigenvalue weighted by molar-refractivity contribution is -0.127. The van der Waals surface area contributed by atoms with E-state index in [2.05, 4.69) is 31.0 Å². The lowest BCUT2D eigenvalue weighted by Gasteiger charge is -2.33. The maximum absolute atomic E-state index is 12.3. The quantitative estimate of drug-likeness (QED) is 0.559. The van der Waals surface area contributed by atoms with Gasteiger partial charge in [-0.3, -0.25) is 9.20 Å². The first-order valence-electron chi connectivity index (χ1n) is 10.4. The van der Waals surface area contributed by atoms with Gasteiger partial charge in [-0.15, -0.1) is 21.5 Å². The van der Waals surface area contributed by atoms with Gasteiger partial charge < -0.3 is 4.90 Å². The van der Waals surface area contributed by atoms with E-state index in [1.807, 2.05) is 40.8 Å². The van der Waals surface area contributed by atoms with Gasteiger partial charge in [0.25, 0.3) is 0 Å². The Morgan fingerprint density at radius 3 is 2.76 bits per heavy atom. The molecule has 0 spiro atoms. The Balaban J connectivity index is 1.64. The van der Waals surface area contributed by atoms with Gasteiger partial charge in [0, 0.05) is 18.0 Å². The van der Waals surface area contributed by atoms with Crippen LogP contribution in [0.4, 0.5) is 0 Å². The van der Waals surface area contributed by atoms with Crippen molar-refractivity contribution < 1.29 is 4.79 Å². The van der Waals surface area contributed by atoms with E-state index in [-0.39, 0.29) is 5.91 Å². The molecule has 0 unspecified atom stereocenters. The highest BCUT2D eigenvalue weighted by Crippen LogP contribution is 2.43. The van der Waals surface area contributed by atoms with E-state index < -0.39 is 0 Å². The standard InChI is InChI=1S/C21H29N5OS2/c1-6-25(7-2)16(27)11-28-20-24-23-18-17-14-9-8-13(21(3,4)5)10-15(14)29-19(17)22-12-26(18)20/h12-13H,6-11H2,1-5H3/t13-/m1/s1. The van der Waals surface area contributed by atoms with Crippen molar-refractivity contribution in [1.29, 1.82) is 0 Å². The lowest BCUT2D eigenvalue weighted by Crippen LogP contribution is -2.31. The number of amides is 1. The third-order valence-corrected chi connectivity index (χ3v) is 8.18. The van der Waals surface area contributed by atoms with Crippen molar-refractivity contribution in [1.82, 2.24) is 24.5 Å². The molecule has 1 aliphatic rings. The molecule has 0 N–H and O–H groups in total. The van der Waals surface area contributed by atoms with Crippen LogP contribution in [0.25, 0.3) is 15.9 Å². The Morgan fingerprint density at radius 2 is 2.07 bits per heavy atom. The van der Waals surface area contributed by atoms with Gasteiger partial charge in [0.1, 0.15) is 11.2 Å². The molecular formula is C21H29N5OS2. The third-order valence-electron chi connectivity index (χ3n) is 6.09. The lowest BCUT2D eigenvalue weighted by atomic mass is 9.72. The Bertz CT molecular complexity index is 1040. The number of hydrogen-bond acceptors (Lipinski definition) is 6. The van der Waals surface area contributed by atoms with Crippen LogP contribution in [0.3, 0.4) is 0 Å². The second-order valence-electron chi connectivity index (χ2n) is 8.77. The van der Waals surface area contributed by atoms with Gasteiger partial charge in [-0.1, -0.05) is 32.5 Å². The molecule has 0 aliphatic heterocycles. The Hall–Kier alpha value is -1.67. The van der Waals surface area contributed by atoms with E-state index in [1.54, 1.807) is 0 Å². The summed E-state index contributed by atoms with van der Waals surface area (Å²) in [5.74, 6) is 1.20. The van der Waals surface area contributed by atoms with E-state index in [0.29, 0.717) is 17.1 Å². The fourth-order valence-corrected chi connectivity index (χ4v) is 6.25. The number of aromatic nitrogens is 4. The maximum Gasteiger partial charge on any atom is 0.233 e. The van der Waals surface area contributed by atoms with E-state index >= 15 is 0 Å². The van der Waals surface area contributed by atoms with Gasteiger partial charge >= 0.3 is 0 Å². The summed E-state index contributed by atoms with van der Waals surface area (Å²) in [6, 6.07) is 0. The summed E-state index contributed by atoms with van der Waals surface area (Å²) in [4.78, 5) is 21.4. The summed E-state index contributed by atoms with van der Waals surface area (Å²) in [5, 5.41) is 10.8. The molecule has 8 heteroatoms. The summed E-state index contributed by atoms with van der Waals surface area (Å²) < 4.78 is 1.95. The number of thiophene rings is 1. The molecule has 1 atom stereocenters. The molecule has 3 aromatic heterocycles. The van der Waals surface area contributed by atoms with Crippen molar-refractivity contribution in [3.05, 3.63) is 16.8 Å². The molecule has 6 nitrogen and oxygen atoms in total. The van der Waals surface area contributed by atoms with Crippen molar-refractivity contribution in [3.8, 4) is 0 Å². The van der Waals surface area contributed by atoms with Crippen LogP contribution in [0, 0.1) is 11.3 Å². The number of carbonyl (C=O) groups excluding carboxylic acids is 1. The van der Waals surface area contributed by atoms with Crippen molar-refractivity contribution in [2.45, 2.75) is 59.0 Å². The number of rotatable bonds is 5. The maximum atomic E-state index is 12.3. The average Bonchev–Trinajstić information content (AvgIpc) is 3.26. The minimum Gasteiger partial charge on any atom is -0.343 e. The highest BCUT2D eigenvalue weighted by Gasteiger charge is 2.31. The molecule has 3 aromatic rings. The van der Waals surface area contributed by atoms with Crippen LogP contribution in [-0.4, -0.2) is 49.2 Å². The number of fused-ring (bicyclic) bond motifs is 5. The molecule has 156 valence electrons. The van der Waals surface area contributed by atoms with Crippen LogP contribution >= 0.6 is 23.1 Å². The van der Waals surface area contributed by atoms with E-state index in [1.165, 1.54) is 28.6 Å². The number of aryl methyl sites for hydroxylation is 1. The second kappa shape index (κ2) is 7.87. The molecule has 0 aromatic carbocycles. The molecule has 0 bridgehead atoms. The monoisotopic (exact) mass is 431 g/mol. The minimum absolute atomic E-state index is 0.131. The van der Waals surface area contributed by atoms with E-state index in [0.717, 1.165) is 47.0 Å².